The molecular formula is C20H22N4O3. The van der Waals surface area contributed by atoms with Crippen LogP contribution in [0.2, 0.25) is 0 Å². The van der Waals surface area contributed by atoms with E-state index < -0.39 is 0 Å². The summed E-state index contributed by atoms with van der Waals surface area (Å²) in [4.78, 5) is 4.13. The average Bonchev–Trinajstić information content (AvgIpc) is 3.23. The van der Waals surface area contributed by atoms with Gasteiger partial charge in [0.25, 0.3) is 0 Å². The van der Waals surface area contributed by atoms with E-state index in [1.165, 1.54) is 0 Å². The average molecular weight is 366 g/mol. The molecule has 7 nitrogen and oxygen atoms in total. The minimum absolute atomic E-state index is 0.0990. The van der Waals surface area contributed by atoms with Gasteiger partial charge in [0.05, 0.1) is 30.8 Å². The Balaban J connectivity index is 1.70. The number of nitrogens with zero attached hydrogens (tertiary/aromatic N) is 1. The first-order chi connectivity index (χ1) is 13.3. The number of aliphatic hydroxyl groups is 1. The molecule has 1 aromatic heterocycles. The fourth-order valence-corrected chi connectivity index (χ4v) is 3.12. The third kappa shape index (κ3) is 3.41. The molecule has 0 radical (unpaired) electrons. The zero-order chi connectivity index (χ0) is 18.6. The number of rotatable bonds is 8. The van der Waals surface area contributed by atoms with Crippen LogP contribution in [0, 0.1) is 0 Å². The van der Waals surface area contributed by atoms with Crippen LogP contribution in [0.15, 0.2) is 42.7 Å². The third-order valence-electron chi connectivity index (χ3n) is 4.33. The molecule has 0 unspecified atom stereocenters. The van der Waals surface area contributed by atoms with Gasteiger partial charge in [-0.2, -0.15) is 0 Å². The lowest BCUT2D eigenvalue weighted by molar-refractivity contribution is 0.225. The van der Waals surface area contributed by atoms with Gasteiger partial charge in [-0.3, -0.25) is 15.2 Å². The fraction of sp³-hybridized carbons (Fsp3) is 0.250. The van der Waals surface area contributed by atoms with E-state index in [0.29, 0.717) is 31.1 Å². The second-order valence-corrected chi connectivity index (χ2v) is 6.17. The van der Waals surface area contributed by atoms with Crippen LogP contribution in [0.3, 0.4) is 0 Å². The maximum absolute atomic E-state index is 8.99. The van der Waals surface area contributed by atoms with Crippen LogP contribution >= 0.6 is 0 Å². The molecule has 1 aliphatic heterocycles. The maximum Gasteiger partial charge on any atom is 0.161 e. The summed E-state index contributed by atoms with van der Waals surface area (Å²) in [5.41, 5.74) is 2.94. The molecule has 0 saturated heterocycles. The lowest BCUT2D eigenvalue weighted by atomic mass is 10.2. The minimum Gasteiger partial charge on any atom is -0.490 e. The molecule has 2 aliphatic rings. The molecule has 2 heterocycles. The van der Waals surface area contributed by atoms with Gasteiger partial charge in [-0.1, -0.05) is 0 Å². The number of aromatic nitrogens is 3. The van der Waals surface area contributed by atoms with Crippen LogP contribution in [0.25, 0.3) is 22.0 Å². The molecule has 1 aromatic carbocycles. The van der Waals surface area contributed by atoms with Crippen molar-refractivity contribution in [2.75, 3.05) is 25.1 Å². The van der Waals surface area contributed by atoms with Crippen molar-refractivity contribution < 1.29 is 14.6 Å². The van der Waals surface area contributed by atoms with Crippen molar-refractivity contribution in [3.8, 4) is 22.8 Å². The van der Waals surface area contributed by atoms with Crippen molar-refractivity contribution >= 4 is 22.3 Å². The Morgan fingerprint density at radius 3 is 2.81 bits per heavy atom. The van der Waals surface area contributed by atoms with Crippen molar-refractivity contribution in [1.82, 2.24) is 15.2 Å². The number of pyridine rings is 1. The van der Waals surface area contributed by atoms with Crippen molar-refractivity contribution in [3.63, 3.8) is 0 Å². The Morgan fingerprint density at radius 2 is 2.04 bits per heavy atom. The largest absolute Gasteiger partial charge is 0.490 e. The molecule has 0 bridgehead atoms. The maximum atomic E-state index is 8.99. The van der Waals surface area contributed by atoms with E-state index >= 15 is 0 Å². The van der Waals surface area contributed by atoms with Crippen LogP contribution in [-0.4, -0.2) is 40.1 Å². The first kappa shape index (κ1) is 17.2. The zero-order valence-electron chi connectivity index (χ0n) is 15.1. The summed E-state index contributed by atoms with van der Waals surface area (Å²) in [6.07, 6.45) is 4.09. The summed E-state index contributed by atoms with van der Waals surface area (Å²) in [5, 5.41) is 20.9. The second kappa shape index (κ2) is 7.59. The van der Waals surface area contributed by atoms with E-state index in [4.69, 9.17) is 14.6 Å². The van der Waals surface area contributed by atoms with Crippen LogP contribution in [0.1, 0.15) is 13.3 Å². The van der Waals surface area contributed by atoms with Gasteiger partial charge in [0.2, 0.25) is 0 Å². The highest BCUT2D eigenvalue weighted by molar-refractivity contribution is 6.05. The SMILES string of the molecule is CCOc1cc2cc3c(Nc4cccnc4)[nH][nH]c-3c2cc1OCCCO. The number of hydrogen-bond donors (Lipinski definition) is 4. The van der Waals surface area contributed by atoms with E-state index in [2.05, 4.69) is 26.6 Å². The van der Waals surface area contributed by atoms with Crippen molar-refractivity contribution in [1.29, 1.82) is 0 Å². The Bertz CT molecular complexity index is 993. The van der Waals surface area contributed by atoms with Gasteiger partial charge in [-0.15, -0.1) is 0 Å². The van der Waals surface area contributed by atoms with Gasteiger partial charge in [0, 0.05) is 30.2 Å². The highest BCUT2D eigenvalue weighted by Gasteiger charge is 2.19. The molecule has 0 saturated carbocycles. The number of hydrogen-bond acceptors (Lipinski definition) is 5. The normalized spacial score (nSPS) is 11.2. The van der Waals surface area contributed by atoms with Gasteiger partial charge >= 0.3 is 0 Å². The first-order valence-electron chi connectivity index (χ1n) is 9.00. The number of fused-ring (bicyclic) bond motifs is 3. The molecule has 4 rings (SSSR count). The smallest absolute Gasteiger partial charge is 0.161 e. The van der Waals surface area contributed by atoms with Crippen LogP contribution in [0.5, 0.6) is 11.5 Å². The minimum atomic E-state index is 0.0990. The molecule has 1 aliphatic carbocycles. The molecule has 4 N–H and O–H groups in total. The molecule has 0 amide bonds. The molecule has 0 fully saturated rings. The van der Waals surface area contributed by atoms with Crippen LogP contribution < -0.4 is 14.8 Å². The number of aliphatic hydroxyl groups excluding tert-OH is 1. The summed E-state index contributed by atoms with van der Waals surface area (Å²) in [6.45, 7) is 3.04. The monoisotopic (exact) mass is 366 g/mol. The van der Waals surface area contributed by atoms with Crippen molar-refractivity contribution in [2.24, 2.45) is 0 Å². The Kier molecular flexibility index (Phi) is 4.84. The van der Waals surface area contributed by atoms with Crippen LogP contribution in [-0.2, 0) is 0 Å². The van der Waals surface area contributed by atoms with Gasteiger partial charge in [0.1, 0.15) is 5.82 Å². The summed E-state index contributed by atoms with van der Waals surface area (Å²) in [6, 6.07) is 9.93. The summed E-state index contributed by atoms with van der Waals surface area (Å²) < 4.78 is 11.6. The van der Waals surface area contributed by atoms with E-state index in [1.54, 1.807) is 12.4 Å². The summed E-state index contributed by atoms with van der Waals surface area (Å²) >= 11 is 0. The topological polar surface area (TPSA) is 95.2 Å². The highest BCUT2D eigenvalue weighted by atomic mass is 16.5. The fourth-order valence-electron chi connectivity index (χ4n) is 3.12. The number of anilines is 2. The molecule has 140 valence electrons. The van der Waals surface area contributed by atoms with E-state index in [1.807, 2.05) is 31.2 Å². The van der Waals surface area contributed by atoms with E-state index in [9.17, 15) is 0 Å². The van der Waals surface area contributed by atoms with E-state index in [0.717, 1.165) is 33.5 Å². The van der Waals surface area contributed by atoms with Crippen molar-refractivity contribution in [3.05, 3.63) is 42.7 Å². The van der Waals surface area contributed by atoms with E-state index in [-0.39, 0.29) is 6.61 Å². The zero-order valence-corrected chi connectivity index (χ0v) is 15.1. The van der Waals surface area contributed by atoms with Gasteiger partial charge < -0.3 is 19.9 Å². The molecule has 27 heavy (non-hydrogen) atoms. The third-order valence-corrected chi connectivity index (χ3v) is 4.33. The number of benzene rings is 1. The molecular weight excluding hydrogens is 344 g/mol. The van der Waals surface area contributed by atoms with Gasteiger partial charge in [-0.05, 0) is 42.6 Å². The second-order valence-electron chi connectivity index (χ2n) is 6.17. The van der Waals surface area contributed by atoms with Gasteiger partial charge in [0.15, 0.2) is 11.5 Å². The Labute approximate surface area is 156 Å². The highest BCUT2D eigenvalue weighted by Crippen LogP contribution is 2.42. The predicted molar refractivity (Wildman–Crippen MR) is 105 cm³/mol. The number of ether oxygens (including phenoxy) is 2. The lowest BCUT2D eigenvalue weighted by Crippen LogP contribution is -2.02. The Hall–Kier alpha value is -3.19. The summed E-state index contributed by atoms with van der Waals surface area (Å²) in [7, 11) is 0. The van der Waals surface area contributed by atoms with Crippen LogP contribution in [0.4, 0.5) is 11.5 Å². The molecule has 2 aromatic rings. The number of H-pyrrole nitrogens is 2. The molecule has 0 spiro atoms. The first-order valence-corrected chi connectivity index (χ1v) is 9.00. The molecule has 0 atom stereocenters. The Morgan fingerprint density at radius 1 is 1.15 bits per heavy atom. The van der Waals surface area contributed by atoms with Gasteiger partial charge in [-0.25, -0.2) is 0 Å². The van der Waals surface area contributed by atoms with Crippen molar-refractivity contribution in [2.45, 2.75) is 13.3 Å². The lowest BCUT2D eigenvalue weighted by Gasteiger charge is -2.12. The number of nitrogens with one attached hydrogen (secondary N) is 3. The number of aromatic amines is 2. The standard InChI is InChI=1S/C20H22N4O3/c1-2-26-17-10-13-9-16-19(15(13)11-18(17)27-8-4-7-25)23-24-20(16)22-14-5-3-6-21-12-14/h3,5-6,9-12,22-25H,2,4,7-8H2,1H3. The predicted octanol–water partition coefficient (Wildman–Crippen LogP) is 3.90. The summed E-state index contributed by atoms with van der Waals surface area (Å²) in [5.74, 6) is 2.26. The molecule has 7 heteroatoms. The quantitative estimate of drug-likeness (QED) is 0.355.